The summed E-state index contributed by atoms with van der Waals surface area (Å²) in [6.07, 6.45) is 1.22. The molecule has 0 heterocycles. The molecule has 96 valence electrons. The Morgan fingerprint density at radius 3 is 2.53 bits per heavy atom. The zero-order valence-corrected chi connectivity index (χ0v) is 13.2. The molecule has 1 aromatic carbocycles. The van der Waals surface area contributed by atoms with E-state index in [2.05, 4.69) is 59.8 Å². The smallest absolute Gasteiger partial charge is 0.0485 e. The molecule has 3 heteroatoms. The van der Waals surface area contributed by atoms with E-state index in [4.69, 9.17) is 11.6 Å². The first-order valence-corrected chi connectivity index (χ1v) is 7.54. The molecular formula is C14H21BrClN. The minimum atomic E-state index is 0.554. The summed E-state index contributed by atoms with van der Waals surface area (Å²) in [5.74, 6) is 1.28. The highest BCUT2D eigenvalue weighted by atomic mass is 79.9. The van der Waals surface area contributed by atoms with Crippen molar-refractivity contribution in [2.45, 2.75) is 33.1 Å². The van der Waals surface area contributed by atoms with E-state index in [0.29, 0.717) is 5.88 Å². The minimum absolute atomic E-state index is 0.554. The molecule has 0 saturated carbocycles. The Bertz CT molecular complexity index is 354. The topological polar surface area (TPSA) is 3.24 Å². The van der Waals surface area contributed by atoms with Gasteiger partial charge in [0.1, 0.15) is 0 Å². The van der Waals surface area contributed by atoms with E-state index >= 15 is 0 Å². The van der Waals surface area contributed by atoms with E-state index < -0.39 is 0 Å². The predicted molar refractivity (Wildman–Crippen MR) is 81.0 cm³/mol. The predicted octanol–water partition coefficient (Wildman–Crippen LogP) is 5.06. The van der Waals surface area contributed by atoms with Crippen molar-refractivity contribution in [2.75, 3.05) is 18.0 Å². The first kappa shape index (κ1) is 14.8. The lowest BCUT2D eigenvalue weighted by Crippen LogP contribution is -2.28. The van der Waals surface area contributed by atoms with Crippen LogP contribution in [0.1, 0.15) is 32.8 Å². The molecule has 0 spiro atoms. The van der Waals surface area contributed by atoms with Gasteiger partial charge in [0.2, 0.25) is 0 Å². The molecule has 0 aliphatic carbocycles. The van der Waals surface area contributed by atoms with Gasteiger partial charge in [-0.2, -0.15) is 0 Å². The van der Waals surface area contributed by atoms with Gasteiger partial charge >= 0.3 is 0 Å². The Morgan fingerprint density at radius 1 is 1.35 bits per heavy atom. The molecule has 0 radical (unpaired) electrons. The molecule has 0 N–H and O–H groups in total. The average Bonchev–Trinajstić information content (AvgIpc) is 2.35. The van der Waals surface area contributed by atoms with Gasteiger partial charge in [-0.15, -0.1) is 11.6 Å². The Labute approximate surface area is 118 Å². The lowest BCUT2D eigenvalue weighted by molar-refractivity contribution is 0.548. The van der Waals surface area contributed by atoms with Gasteiger partial charge in [0.15, 0.2) is 0 Å². The van der Waals surface area contributed by atoms with E-state index in [9.17, 15) is 0 Å². The second-order valence-electron chi connectivity index (χ2n) is 4.46. The fourth-order valence-corrected chi connectivity index (χ4v) is 2.67. The number of alkyl halides is 1. The van der Waals surface area contributed by atoms with E-state index in [1.54, 1.807) is 0 Å². The molecule has 1 aromatic rings. The van der Waals surface area contributed by atoms with Gasteiger partial charge in [0, 0.05) is 29.1 Å². The van der Waals surface area contributed by atoms with E-state index in [1.807, 2.05) is 0 Å². The van der Waals surface area contributed by atoms with Crippen LogP contribution < -0.4 is 4.90 Å². The Kier molecular flexibility index (Phi) is 6.35. The van der Waals surface area contributed by atoms with E-state index in [0.717, 1.165) is 29.0 Å². The van der Waals surface area contributed by atoms with Crippen molar-refractivity contribution < 1.29 is 0 Å². The van der Waals surface area contributed by atoms with Gasteiger partial charge in [0.25, 0.3) is 0 Å². The fraction of sp³-hybridized carbons (Fsp3) is 0.571. The van der Waals surface area contributed by atoms with Crippen LogP contribution in [0.2, 0.25) is 0 Å². The van der Waals surface area contributed by atoms with Crippen molar-refractivity contribution in [3.63, 3.8) is 0 Å². The van der Waals surface area contributed by atoms with Crippen LogP contribution in [0.4, 0.5) is 5.69 Å². The summed E-state index contributed by atoms with van der Waals surface area (Å²) in [5.41, 5.74) is 2.42. The molecule has 1 nitrogen and oxygen atoms in total. The summed E-state index contributed by atoms with van der Waals surface area (Å²) in [6, 6.07) is 6.43. The standard InChI is InChI=1S/C14H21BrClN/c1-4-11(3)10-17(5-2)13-7-6-12(9-16)14(15)8-13/h6-8,11H,4-5,9-10H2,1-3H3. The van der Waals surface area contributed by atoms with Crippen LogP contribution in [-0.2, 0) is 5.88 Å². The number of hydrogen-bond donors (Lipinski definition) is 0. The van der Waals surface area contributed by atoms with Gasteiger partial charge in [-0.25, -0.2) is 0 Å². The van der Waals surface area contributed by atoms with Gasteiger partial charge < -0.3 is 4.90 Å². The first-order chi connectivity index (χ1) is 8.12. The molecule has 1 atom stereocenters. The lowest BCUT2D eigenvalue weighted by atomic mass is 10.1. The van der Waals surface area contributed by atoms with Crippen molar-refractivity contribution >= 4 is 33.2 Å². The van der Waals surface area contributed by atoms with E-state index in [-0.39, 0.29) is 0 Å². The SMILES string of the molecule is CCC(C)CN(CC)c1ccc(CCl)c(Br)c1. The summed E-state index contributed by atoms with van der Waals surface area (Å²) in [4.78, 5) is 2.41. The van der Waals surface area contributed by atoms with E-state index in [1.165, 1.54) is 12.1 Å². The second kappa shape index (κ2) is 7.27. The molecule has 1 unspecified atom stereocenters. The number of halogens is 2. The lowest BCUT2D eigenvalue weighted by Gasteiger charge is -2.26. The molecule has 0 aromatic heterocycles. The van der Waals surface area contributed by atoms with Gasteiger partial charge in [-0.1, -0.05) is 42.3 Å². The Balaban J connectivity index is 2.85. The molecule has 0 bridgehead atoms. The van der Waals surface area contributed by atoms with Gasteiger partial charge in [0.05, 0.1) is 0 Å². The van der Waals surface area contributed by atoms with Gasteiger partial charge in [-0.3, -0.25) is 0 Å². The zero-order valence-electron chi connectivity index (χ0n) is 10.8. The molecule has 1 rings (SSSR count). The fourth-order valence-electron chi connectivity index (χ4n) is 1.76. The first-order valence-electron chi connectivity index (χ1n) is 6.21. The largest absolute Gasteiger partial charge is 0.372 e. The minimum Gasteiger partial charge on any atom is -0.372 e. The highest BCUT2D eigenvalue weighted by Gasteiger charge is 2.09. The highest BCUT2D eigenvalue weighted by Crippen LogP contribution is 2.26. The number of rotatable bonds is 6. The number of anilines is 1. The third-order valence-corrected chi connectivity index (χ3v) is 4.18. The molecule has 17 heavy (non-hydrogen) atoms. The molecule has 0 aliphatic heterocycles. The molecule has 0 amide bonds. The monoisotopic (exact) mass is 317 g/mol. The summed E-state index contributed by atoms with van der Waals surface area (Å²) in [6.45, 7) is 8.89. The van der Waals surface area contributed by atoms with Gasteiger partial charge in [-0.05, 0) is 30.5 Å². The number of benzene rings is 1. The van der Waals surface area contributed by atoms with Crippen LogP contribution >= 0.6 is 27.5 Å². The van der Waals surface area contributed by atoms with Crippen LogP contribution in [0.25, 0.3) is 0 Å². The number of nitrogens with zero attached hydrogens (tertiary/aromatic N) is 1. The maximum Gasteiger partial charge on any atom is 0.0485 e. The van der Waals surface area contributed by atoms with Crippen molar-refractivity contribution in [3.05, 3.63) is 28.2 Å². The third kappa shape index (κ3) is 4.18. The average molecular weight is 319 g/mol. The van der Waals surface area contributed by atoms with Crippen LogP contribution in [-0.4, -0.2) is 13.1 Å². The Hall–Kier alpha value is -0.210. The maximum absolute atomic E-state index is 5.86. The summed E-state index contributed by atoms with van der Waals surface area (Å²) in [7, 11) is 0. The summed E-state index contributed by atoms with van der Waals surface area (Å²) in [5, 5.41) is 0. The van der Waals surface area contributed by atoms with Crippen molar-refractivity contribution in [1.82, 2.24) is 0 Å². The molecule has 0 aliphatic rings. The maximum atomic E-state index is 5.86. The van der Waals surface area contributed by atoms with Crippen LogP contribution in [0.3, 0.4) is 0 Å². The second-order valence-corrected chi connectivity index (χ2v) is 5.58. The van der Waals surface area contributed by atoms with Crippen molar-refractivity contribution in [1.29, 1.82) is 0 Å². The van der Waals surface area contributed by atoms with Crippen LogP contribution in [0.5, 0.6) is 0 Å². The number of hydrogen-bond acceptors (Lipinski definition) is 1. The zero-order chi connectivity index (χ0) is 12.8. The summed E-state index contributed by atoms with van der Waals surface area (Å²) < 4.78 is 1.10. The molecule has 0 saturated heterocycles. The quantitative estimate of drug-likeness (QED) is 0.663. The summed E-state index contributed by atoms with van der Waals surface area (Å²) >= 11 is 9.44. The molecule has 0 fully saturated rings. The van der Waals surface area contributed by atoms with Crippen molar-refractivity contribution in [2.24, 2.45) is 5.92 Å². The van der Waals surface area contributed by atoms with Crippen LogP contribution in [0, 0.1) is 5.92 Å². The normalized spacial score (nSPS) is 12.5. The Morgan fingerprint density at radius 2 is 2.06 bits per heavy atom. The molecular weight excluding hydrogens is 298 g/mol. The van der Waals surface area contributed by atoms with Crippen molar-refractivity contribution in [3.8, 4) is 0 Å². The highest BCUT2D eigenvalue weighted by molar-refractivity contribution is 9.10. The third-order valence-electron chi connectivity index (χ3n) is 3.16. The van der Waals surface area contributed by atoms with Crippen LogP contribution in [0.15, 0.2) is 22.7 Å².